The van der Waals surface area contributed by atoms with Crippen LogP contribution >= 0.6 is 0 Å². The molecule has 1 aliphatic heterocycles. The van der Waals surface area contributed by atoms with Crippen LogP contribution in [0.2, 0.25) is 0 Å². The Balaban J connectivity index is 3.96. The van der Waals surface area contributed by atoms with Crippen molar-refractivity contribution < 1.29 is 57.8 Å². The number of rotatable bonds is 25. The Bertz CT molecular complexity index is 1790. The van der Waals surface area contributed by atoms with Crippen molar-refractivity contribution in [1.82, 2.24) is 37.2 Å². The van der Waals surface area contributed by atoms with E-state index in [-0.39, 0.29) is 56.3 Å². The highest BCUT2D eigenvalue weighted by Crippen LogP contribution is 2.19. The largest absolute Gasteiger partial charge is 0.481 e. The summed E-state index contributed by atoms with van der Waals surface area (Å²) in [4.78, 5) is 137. The third-order valence-corrected chi connectivity index (χ3v) is 13.0. The quantitative estimate of drug-likeness (QED) is 0.0448. The summed E-state index contributed by atoms with van der Waals surface area (Å²) in [5, 5.41) is 28.5. The van der Waals surface area contributed by atoms with Crippen LogP contribution in [0.1, 0.15) is 198 Å². The van der Waals surface area contributed by atoms with Crippen molar-refractivity contribution >= 4 is 59.2 Å². The number of esters is 1. The first-order chi connectivity index (χ1) is 34.3. The molecule has 0 spiro atoms. The molecule has 20 heteroatoms. The molecule has 73 heavy (non-hydrogen) atoms. The third kappa shape index (κ3) is 27.0. The van der Waals surface area contributed by atoms with Gasteiger partial charge < -0.3 is 52.8 Å². The highest BCUT2D eigenvalue weighted by molar-refractivity contribution is 5.98. The lowest BCUT2D eigenvalue weighted by molar-refractivity contribution is -0.156. The van der Waals surface area contributed by atoms with Gasteiger partial charge >= 0.3 is 11.9 Å². The number of nitrogens with two attached hydrogens (primary N) is 1. The van der Waals surface area contributed by atoms with Gasteiger partial charge in [-0.3, -0.25) is 43.2 Å². The molecule has 8 amide bonds. The van der Waals surface area contributed by atoms with Gasteiger partial charge in [-0.05, 0) is 68.1 Å². The fourth-order valence-electron chi connectivity index (χ4n) is 8.60. The lowest BCUT2D eigenvalue weighted by Gasteiger charge is -2.30. The minimum absolute atomic E-state index is 0.0469. The average molecular weight is 1040 g/mol. The van der Waals surface area contributed by atoms with Gasteiger partial charge in [-0.15, -0.1) is 0 Å². The summed E-state index contributed by atoms with van der Waals surface area (Å²) in [5.74, 6) is -10.4. The van der Waals surface area contributed by atoms with Crippen LogP contribution in [-0.2, 0) is 52.7 Å². The molecule has 0 aliphatic carbocycles. The number of carboxylic acid groups (broad SMARTS) is 1. The first-order valence-corrected chi connectivity index (χ1v) is 27.1. The standard InChI is InChI=1S/C53H94N8O12/c1-12-14-15-16-17-18-19-20-21-22-23-36-29-43(63)55-37(24-25-42(54)62)47(66)56-38(26-31(3)4)48(67)57-39(27-32(5)6)50(69)60-45(34(9)10)52(71)59-41(30-44(64)65)49(68)58-40(28-33(7)8)51(70)61-46(35(11)13-2)53(72)73-36/h31-41,45-46H,12-30H2,1-11H3,(H2,54,62)(H,55,63)(H,56,66)(H,57,67)(H,58,68)(H,59,71)(H,60,69)(H,61,70)(H,64,65). The summed E-state index contributed by atoms with van der Waals surface area (Å²) in [6.45, 7) is 19.8. The number of hydrogen-bond acceptors (Lipinski definition) is 11. The van der Waals surface area contributed by atoms with Gasteiger partial charge in [-0.1, -0.05) is 140 Å². The van der Waals surface area contributed by atoms with E-state index in [0.29, 0.717) is 12.8 Å². The Morgan fingerprint density at radius 3 is 1.37 bits per heavy atom. The van der Waals surface area contributed by atoms with Crippen LogP contribution in [0.4, 0.5) is 0 Å². The second kappa shape index (κ2) is 35.0. The minimum Gasteiger partial charge on any atom is -0.481 e. The lowest BCUT2D eigenvalue weighted by atomic mass is 9.97. The Morgan fingerprint density at radius 1 is 0.534 bits per heavy atom. The van der Waals surface area contributed by atoms with Gasteiger partial charge in [0, 0.05) is 6.42 Å². The SMILES string of the molecule is CCCCCCCCCCCCC1CC(=O)NC(CCC(N)=O)C(=O)NC(CC(C)C)C(=O)NC(CC(C)C)C(=O)NC(C(C)C)C(=O)NC(CC(=O)O)C(=O)NC(CC(C)C)C(=O)NC(C(C)CC)C(=O)O1. The van der Waals surface area contributed by atoms with E-state index in [1.165, 1.54) is 25.7 Å². The Labute approximate surface area is 434 Å². The molecule has 1 aliphatic rings. The van der Waals surface area contributed by atoms with E-state index < -0.39 is 132 Å². The van der Waals surface area contributed by atoms with Crippen LogP contribution in [0.3, 0.4) is 0 Å². The molecule has 20 nitrogen and oxygen atoms in total. The number of amides is 8. The van der Waals surface area contributed by atoms with Gasteiger partial charge in [0.05, 0.1) is 12.8 Å². The van der Waals surface area contributed by atoms with Crippen molar-refractivity contribution in [2.45, 2.75) is 247 Å². The molecule has 0 aromatic heterocycles. The van der Waals surface area contributed by atoms with Crippen molar-refractivity contribution in [3.05, 3.63) is 0 Å². The van der Waals surface area contributed by atoms with Crippen LogP contribution in [0.5, 0.6) is 0 Å². The summed E-state index contributed by atoms with van der Waals surface area (Å²) in [6, 6.07) is -9.48. The zero-order chi connectivity index (χ0) is 55.4. The molecule has 0 bridgehead atoms. The number of hydrogen-bond donors (Lipinski definition) is 9. The van der Waals surface area contributed by atoms with E-state index in [4.69, 9.17) is 10.5 Å². The van der Waals surface area contributed by atoms with E-state index >= 15 is 0 Å². The highest BCUT2D eigenvalue weighted by Gasteiger charge is 2.38. The molecule has 10 N–H and O–H groups in total. The molecule has 0 radical (unpaired) electrons. The van der Waals surface area contributed by atoms with E-state index in [1.54, 1.807) is 34.6 Å². The Hall–Kier alpha value is -5.30. The second-order valence-corrected chi connectivity index (χ2v) is 21.7. The molecule has 0 saturated carbocycles. The summed E-state index contributed by atoms with van der Waals surface area (Å²) < 4.78 is 6.08. The molecule has 1 fully saturated rings. The summed E-state index contributed by atoms with van der Waals surface area (Å²) >= 11 is 0. The fourth-order valence-corrected chi connectivity index (χ4v) is 8.60. The Morgan fingerprint density at radius 2 is 0.945 bits per heavy atom. The molecule has 9 atom stereocenters. The number of carboxylic acids is 1. The minimum atomic E-state index is -1.72. The summed E-state index contributed by atoms with van der Waals surface area (Å²) in [7, 11) is 0. The van der Waals surface area contributed by atoms with Gasteiger partial charge in [-0.2, -0.15) is 0 Å². The molecular weight excluding hydrogens is 941 g/mol. The Kier molecular flexibility index (Phi) is 31.5. The van der Waals surface area contributed by atoms with Crippen molar-refractivity contribution in [2.24, 2.45) is 35.3 Å². The van der Waals surface area contributed by atoms with Crippen molar-refractivity contribution in [1.29, 1.82) is 0 Å². The number of aliphatic carboxylic acids is 1. The van der Waals surface area contributed by atoms with Gasteiger partial charge in [0.15, 0.2) is 0 Å². The summed E-state index contributed by atoms with van der Waals surface area (Å²) in [6.07, 6.45) is 8.39. The number of primary amides is 1. The molecule has 1 heterocycles. The van der Waals surface area contributed by atoms with E-state index in [1.807, 2.05) is 34.6 Å². The van der Waals surface area contributed by atoms with Gasteiger partial charge in [-0.25, -0.2) is 4.79 Å². The smallest absolute Gasteiger partial charge is 0.329 e. The maximum Gasteiger partial charge on any atom is 0.329 e. The van der Waals surface area contributed by atoms with Gasteiger partial charge in [0.1, 0.15) is 48.4 Å². The number of carbonyl (C=O) groups excluding carboxylic acids is 9. The zero-order valence-corrected chi connectivity index (χ0v) is 46.0. The van der Waals surface area contributed by atoms with Crippen LogP contribution in [0, 0.1) is 29.6 Å². The maximum atomic E-state index is 14.3. The number of ether oxygens (including phenoxy) is 1. The van der Waals surface area contributed by atoms with Crippen LogP contribution in [-0.4, -0.2) is 113 Å². The van der Waals surface area contributed by atoms with Crippen molar-refractivity contribution in [3.8, 4) is 0 Å². The second-order valence-electron chi connectivity index (χ2n) is 21.7. The average Bonchev–Trinajstić information content (AvgIpc) is 3.29. The van der Waals surface area contributed by atoms with Crippen LogP contribution in [0.15, 0.2) is 0 Å². The zero-order valence-electron chi connectivity index (χ0n) is 46.0. The maximum absolute atomic E-state index is 14.3. The van der Waals surface area contributed by atoms with Gasteiger partial charge in [0.2, 0.25) is 47.3 Å². The van der Waals surface area contributed by atoms with Crippen LogP contribution in [0.25, 0.3) is 0 Å². The first kappa shape index (κ1) is 65.7. The topological polar surface area (TPSA) is 310 Å². The molecular formula is C53H94N8O12. The highest BCUT2D eigenvalue weighted by atomic mass is 16.5. The number of nitrogens with one attached hydrogen (secondary N) is 7. The molecule has 1 rings (SSSR count). The van der Waals surface area contributed by atoms with E-state index in [2.05, 4.69) is 44.1 Å². The van der Waals surface area contributed by atoms with Crippen LogP contribution < -0.4 is 43.0 Å². The normalized spacial score (nSPS) is 24.3. The molecule has 1 saturated heterocycles. The summed E-state index contributed by atoms with van der Waals surface area (Å²) in [5.41, 5.74) is 5.50. The number of unbranched alkanes of at least 4 members (excludes halogenated alkanes) is 9. The predicted octanol–water partition coefficient (Wildman–Crippen LogP) is 4.59. The molecule has 9 unspecified atom stereocenters. The molecule has 0 aromatic carbocycles. The first-order valence-electron chi connectivity index (χ1n) is 27.1. The monoisotopic (exact) mass is 1030 g/mol. The number of cyclic esters (lactones) is 1. The molecule has 0 aromatic rings. The van der Waals surface area contributed by atoms with Crippen molar-refractivity contribution in [3.63, 3.8) is 0 Å². The van der Waals surface area contributed by atoms with Gasteiger partial charge in [0.25, 0.3) is 0 Å². The third-order valence-electron chi connectivity index (χ3n) is 13.0. The predicted molar refractivity (Wildman–Crippen MR) is 278 cm³/mol. The van der Waals surface area contributed by atoms with E-state index in [9.17, 15) is 53.1 Å². The van der Waals surface area contributed by atoms with E-state index in [0.717, 1.165) is 32.1 Å². The number of carbonyl (C=O) groups is 10. The molecule has 418 valence electrons. The lowest BCUT2D eigenvalue weighted by Crippen LogP contribution is -2.61. The van der Waals surface area contributed by atoms with Crippen molar-refractivity contribution in [2.75, 3.05) is 0 Å². The fraction of sp³-hybridized carbons (Fsp3) is 0.811.